The number of hydrogen-bond donors (Lipinski definition) is 0. The molecule has 0 aliphatic heterocycles. The molecule has 72 valence electrons. The fourth-order valence-electron chi connectivity index (χ4n) is 0.891. The molecule has 1 unspecified atom stereocenters. The summed E-state index contributed by atoms with van der Waals surface area (Å²) in [6.07, 6.45) is 0. The molecule has 1 aromatic rings. The Labute approximate surface area is 81.1 Å². The van der Waals surface area contributed by atoms with Crippen molar-refractivity contribution in [3.8, 4) is 0 Å². The summed E-state index contributed by atoms with van der Waals surface area (Å²) in [5, 5.41) is 0.436. The van der Waals surface area contributed by atoms with E-state index in [1.54, 1.807) is 0 Å². The minimum absolute atomic E-state index is 0.102. The molecule has 0 radical (unpaired) electrons. The Morgan fingerprint density at radius 1 is 1.46 bits per heavy atom. The van der Waals surface area contributed by atoms with E-state index in [4.69, 9.17) is 16.1 Å². The molecule has 0 aromatic heterocycles. The van der Waals surface area contributed by atoms with E-state index in [0.717, 1.165) is 0 Å². The average Bonchev–Trinajstić information content (AvgIpc) is 2.18. The lowest BCUT2D eigenvalue weighted by Gasteiger charge is -2.12. The van der Waals surface area contributed by atoms with Crippen LogP contribution >= 0.6 is 19.0 Å². The second-order valence-corrected chi connectivity index (χ2v) is 5.64. The van der Waals surface area contributed by atoms with Crippen LogP contribution < -0.4 is 5.30 Å². The predicted molar refractivity (Wildman–Crippen MR) is 51.4 cm³/mol. The number of hydrogen-bond acceptors (Lipinski definition) is 2. The number of alkyl halides is 1. The second kappa shape index (κ2) is 4.23. The van der Waals surface area contributed by atoms with E-state index in [0.29, 0.717) is 5.30 Å². The van der Waals surface area contributed by atoms with Crippen molar-refractivity contribution in [3.05, 3.63) is 30.1 Å². The van der Waals surface area contributed by atoms with Crippen molar-refractivity contribution in [1.82, 2.24) is 0 Å². The van der Waals surface area contributed by atoms with E-state index in [1.807, 2.05) is 0 Å². The molecule has 0 heterocycles. The van der Waals surface area contributed by atoms with E-state index in [2.05, 4.69) is 0 Å². The minimum atomic E-state index is -2.95. The Hall–Kier alpha value is -0.370. The summed E-state index contributed by atoms with van der Waals surface area (Å²) in [6, 6.07) is 5.30. The Kier molecular flexibility index (Phi) is 3.48. The molecule has 0 bridgehead atoms. The van der Waals surface area contributed by atoms with Gasteiger partial charge in [-0.25, -0.2) is 4.39 Å². The zero-order chi connectivity index (χ0) is 9.90. The summed E-state index contributed by atoms with van der Waals surface area (Å²) in [5.74, 6) is -0.374. The fraction of sp³-hybridized carbons (Fsp3) is 0.250. The van der Waals surface area contributed by atoms with E-state index >= 15 is 0 Å². The van der Waals surface area contributed by atoms with Gasteiger partial charge >= 0.3 is 0 Å². The van der Waals surface area contributed by atoms with Gasteiger partial charge in [0.25, 0.3) is 0 Å². The largest absolute Gasteiger partial charge is 0.328 e. The molecule has 1 rings (SSSR count). The van der Waals surface area contributed by atoms with Gasteiger partial charge in [-0.3, -0.25) is 4.57 Å². The third-order valence-electron chi connectivity index (χ3n) is 1.67. The van der Waals surface area contributed by atoms with Crippen molar-refractivity contribution < 1.29 is 13.5 Å². The highest BCUT2D eigenvalue weighted by Crippen LogP contribution is 2.45. The molecule has 1 atom stereocenters. The van der Waals surface area contributed by atoms with Crippen molar-refractivity contribution in [1.29, 1.82) is 0 Å². The van der Waals surface area contributed by atoms with Crippen molar-refractivity contribution in [2.45, 2.75) is 0 Å². The topological polar surface area (TPSA) is 26.3 Å². The molecule has 2 nitrogen and oxygen atoms in total. The SMILES string of the molecule is COP(=O)(CCl)c1ccc(F)cc1. The minimum Gasteiger partial charge on any atom is -0.328 e. The second-order valence-electron chi connectivity index (χ2n) is 2.45. The normalized spacial score (nSPS) is 15.3. The molecule has 0 saturated carbocycles. The van der Waals surface area contributed by atoms with Crippen molar-refractivity contribution in [2.24, 2.45) is 0 Å². The maximum absolute atomic E-state index is 12.5. The smallest absolute Gasteiger partial charge is 0.246 e. The maximum atomic E-state index is 12.5. The number of halogens is 2. The van der Waals surface area contributed by atoms with Crippen LogP contribution in [0.3, 0.4) is 0 Å². The highest BCUT2D eigenvalue weighted by molar-refractivity contribution is 7.68. The summed E-state index contributed by atoms with van der Waals surface area (Å²) < 4.78 is 29.1. The van der Waals surface area contributed by atoms with Gasteiger partial charge in [-0.1, -0.05) is 0 Å². The number of benzene rings is 1. The Balaban J connectivity index is 3.07. The highest BCUT2D eigenvalue weighted by Gasteiger charge is 2.22. The summed E-state index contributed by atoms with van der Waals surface area (Å²) in [7, 11) is -1.63. The quantitative estimate of drug-likeness (QED) is 0.580. The zero-order valence-electron chi connectivity index (χ0n) is 7.04. The van der Waals surface area contributed by atoms with Crippen molar-refractivity contribution >= 4 is 24.3 Å². The van der Waals surface area contributed by atoms with Gasteiger partial charge in [0.2, 0.25) is 7.37 Å². The first kappa shape index (κ1) is 10.7. The highest BCUT2D eigenvalue weighted by atomic mass is 35.5. The molecular weight excluding hydrogens is 214 g/mol. The molecule has 5 heteroatoms. The fourth-order valence-corrected chi connectivity index (χ4v) is 2.65. The van der Waals surface area contributed by atoms with Gasteiger partial charge in [-0.15, -0.1) is 11.6 Å². The molecule has 0 amide bonds. The molecule has 0 fully saturated rings. The molecular formula is C8H9ClFO2P. The molecule has 0 aliphatic carbocycles. The third kappa shape index (κ3) is 2.31. The van der Waals surface area contributed by atoms with E-state index in [9.17, 15) is 8.96 Å². The van der Waals surface area contributed by atoms with Crippen molar-refractivity contribution in [3.63, 3.8) is 0 Å². The van der Waals surface area contributed by atoms with Gasteiger partial charge < -0.3 is 4.52 Å². The summed E-state index contributed by atoms with van der Waals surface area (Å²) in [4.78, 5) is 0. The molecule has 0 aliphatic rings. The molecule has 0 spiro atoms. The average molecular weight is 223 g/mol. The molecule has 13 heavy (non-hydrogen) atoms. The first-order chi connectivity index (χ1) is 6.12. The van der Waals surface area contributed by atoms with Gasteiger partial charge in [-0.2, -0.15) is 0 Å². The molecule has 1 aromatic carbocycles. The lowest BCUT2D eigenvalue weighted by Crippen LogP contribution is -2.06. The molecule has 0 N–H and O–H groups in total. The van der Waals surface area contributed by atoms with Gasteiger partial charge in [0.1, 0.15) is 11.4 Å². The zero-order valence-corrected chi connectivity index (χ0v) is 8.69. The van der Waals surface area contributed by atoms with Gasteiger partial charge in [0.05, 0.1) is 0 Å². The van der Waals surface area contributed by atoms with Gasteiger partial charge in [0.15, 0.2) is 0 Å². The van der Waals surface area contributed by atoms with Crippen LogP contribution in [0.5, 0.6) is 0 Å². The lowest BCUT2D eigenvalue weighted by atomic mass is 10.4. The van der Waals surface area contributed by atoms with Crippen LogP contribution in [0.25, 0.3) is 0 Å². The van der Waals surface area contributed by atoms with E-state index < -0.39 is 7.37 Å². The monoisotopic (exact) mass is 222 g/mol. The van der Waals surface area contributed by atoms with Crippen LogP contribution in [0.4, 0.5) is 4.39 Å². The standard InChI is InChI=1S/C8H9ClFO2P/c1-12-13(11,6-9)8-4-2-7(10)3-5-8/h2-5H,6H2,1H3. The maximum Gasteiger partial charge on any atom is 0.246 e. The Bertz CT molecular complexity index is 317. The Morgan fingerprint density at radius 2 is 2.00 bits per heavy atom. The summed E-state index contributed by atoms with van der Waals surface area (Å²) >= 11 is 5.50. The summed E-state index contributed by atoms with van der Waals surface area (Å²) in [5.41, 5.74) is -0.102. The lowest BCUT2D eigenvalue weighted by molar-refractivity contribution is 0.407. The predicted octanol–water partition coefficient (Wildman–Crippen LogP) is 2.57. The van der Waals surface area contributed by atoms with Crippen LogP contribution in [0.15, 0.2) is 24.3 Å². The molecule has 0 saturated heterocycles. The first-order valence-corrected chi connectivity index (χ1v) is 5.94. The Morgan fingerprint density at radius 3 is 2.38 bits per heavy atom. The van der Waals surface area contributed by atoms with Crippen molar-refractivity contribution in [2.75, 3.05) is 12.7 Å². The van der Waals surface area contributed by atoms with Gasteiger partial charge in [-0.05, 0) is 24.3 Å². The first-order valence-electron chi connectivity index (χ1n) is 3.59. The van der Waals surface area contributed by atoms with Crippen LogP contribution in [-0.2, 0) is 9.09 Å². The van der Waals surface area contributed by atoms with E-state index in [1.165, 1.54) is 31.4 Å². The summed E-state index contributed by atoms with van der Waals surface area (Å²) in [6.45, 7) is 0. The van der Waals surface area contributed by atoms with Crippen LogP contribution in [0, 0.1) is 5.82 Å². The van der Waals surface area contributed by atoms with Crippen LogP contribution in [0.2, 0.25) is 0 Å². The van der Waals surface area contributed by atoms with Gasteiger partial charge in [0, 0.05) is 12.4 Å². The van der Waals surface area contributed by atoms with E-state index in [-0.39, 0.29) is 11.4 Å². The van der Waals surface area contributed by atoms with Crippen LogP contribution in [0.1, 0.15) is 0 Å². The number of rotatable bonds is 3. The van der Waals surface area contributed by atoms with Crippen LogP contribution in [-0.4, -0.2) is 12.7 Å². The third-order valence-corrected chi connectivity index (χ3v) is 4.61.